The van der Waals surface area contributed by atoms with Crippen molar-refractivity contribution in [2.45, 2.75) is 0 Å². The van der Waals surface area contributed by atoms with E-state index in [9.17, 15) is 8.78 Å². The number of nitrogens with two attached hydrogens (primary N) is 1. The number of nitrogens with zero attached hydrogens (tertiary/aromatic N) is 4. The van der Waals surface area contributed by atoms with Crippen molar-refractivity contribution in [3.8, 4) is 27.6 Å². The van der Waals surface area contributed by atoms with Crippen LogP contribution in [0, 0.1) is 11.6 Å². The summed E-state index contributed by atoms with van der Waals surface area (Å²) in [6.45, 7) is 0. The largest absolute Gasteiger partial charge is 0.382 e. The molecule has 2 aromatic heterocycles. The number of aromatic nitrogens is 4. The molecule has 2 aromatic carbocycles. The van der Waals surface area contributed by atoms with E-state index in [0.29, 0.717) is 10.7 Å². The summed E-state index contributed by atoms with van der Waals surface area (Å²) in [5, 5.41) is 10.3. The van der Waals surface area contributed by atoms with Gasteiger partial charge in [0, 0.05) is 21.5 Å². The number of nitrogen functional groups attached to an aromatic ring is 1. The highest BCUT2D eigenvalue weighted by atomic mass is 79.9. The van der Waals surface area contributed by atoms with Crippen LogP contribution < -0.4 is 5.73 Å². The molecule has 0 spiro atoms. The van der Waals surface area contributed by atoms with Crippen molar-refractivity contribution in [2.24, 2.45) is 0 Å². The maximum Gasteiger partial charge on any atom is 0.165 e. The van der Waals surface area contributed by atoms with E-state index in [1.807, 2.05) is 29.6 Å². The maximum atomic E-state index is 14.0. The lowest BCUT2D eigenvalue weighted by Crippen LogP contribution is -2.05. The predicted octanol–water partition coefficient (Wildman–Crippen LogP) is 4.68. The molecule has 0 fully saturated rings. The Bertz CT molecular complexity index is 1090. The molecule has 0 aliphatic heterocycles. The van der Waals surface area contributed by atoms with Crippen molar-refractivity contribution in [2.75, 3.05) is 5.73 Å². The van der Waals surface area contributed by atoms with Crippen LogP contribution in [-0.4, -0.2) is 20.0 Å². The van der Waals surface area contributed by atoms with Crippen LogP contribution in [0.1, 0.15) is 0 Å². The summed E-state index contributed by atoms with van der Waals surface area (Å²) in [6.07, 6.45) is 0. The van der Waals surface area contributed by atoms with Crippen molar-refractivity contribution in [1.29, 1.82) is 0 Å². The monoisotopic (exact) mass is 433 g/mol. The minimum Gasteiger partial charge on any atom is -0.382 e. The number of rotatable bonds is 3. The lowest BCUT2D eigenvalue weighted by atomic mass is 10.2. The zero-order valence-corrected chi connectivity index (χ0v) is 15.4. The summed E-state index contributed by atoms with van der Waals surface area (Å²) in [6, 6.07) is 10.9. The number of hydrogen-bond acceptors (Lipinski definition) is 5. The van der Waals surface area contributed by atoms with Gasteiger partial charge in [-0.3, -0.25) is 0 Å². The summed E-state index contributed by atoms with van der Waals surface area (Å²) in [7, 11) is 0. The van der Waals surface area contributed by atoms with Crippen molar-refractivity contribution in [3.05, 3.63) is 64.0 Å². The first-order valence-corrected chi connectivity index (χ1v) is 9.08. The summed E-state index contributed by atoms with van der Waals surface area (Å²) >= 11 is 4.75. The summed E-state index contributed by atoms with van der Waals surface area (Å²) in [5.74, 6) is -1.32. The Morgan fingerprint density at radius 3 is 2.58 bits per heavy atom. The van der Waals surface area contributed by atoms with Gasteiger partial charge in [-0.2, -0.15) is 4.68 Å². The minimum absolute atomic E-state index is 0.0207. The molecule has 0 bridgehead atoms. The molecule has 130 valence electrons. The molecule has 5 nitrogen and oxygen atoms in total. The van der Waals surface area contributed by atoms with Gasteiger partial charge in [-0.15, -0.1) is 16.4 Å². The topological polar surface area (TPSA) is 69.6 Å². The van der Waals surface area contributed by atoms with Gasteiger partial charge in [-0.05, 0) is 24.3 Å². The second kappa shape index (κ2) is 6.58. The normalized spacial score (nSPS) is 11.0. The molecular weight excluding hydrogens is 424 g/mol. The molecule has 0 saturated carbocycles. The lowest BCUT2D eigenvalue weighted by molar-refractivity contribution is 0.572. The third kappa shape index (κ3) is 2.99. The first kappa shape index (κ1) is 16.8. The summed E-state index contributed by atoms with van der Waals surface area (Å²) in [5.41, 5.74) is 8.18. The Balaban J connectivity index is 1.72. The van der Waals surface area contributed by atoms with Gasteiger partial charge in [0.05, 0.1) is 5.69 Å². The number of hydrogen-bond donors (Lipinski definition) is 1. The Morgan fingerprint density at radius 2 is 1.85 bits per heavy atom. The zero-order valence-electron chi connectivity index (χ0n) is 13.0. The van der Waals surface area contributed by atoms with Crippen LogP contribution in [0.3, 0.4) is 0 Å². The molecule has 0 unspecified atom stereocenters. The van der Waals surface area contributed by atoms with Gasteiger partial charge in [0.15, 0.2) is 17.3 Å². The third-order valence-electron chi connectivity index (χ3n) is 3.69. The maximum absolute atomic E-state index is 14.0. The van der Waals surface area contributed by atoms with Gasteiger partial charge in [-0.1, -0.05) is 33.3 Å². The first-order valence-electron chi connectivity index (χ1n) is 7.41. The summed E-state index contributed by atoms with van der Waals surface area (Å²) < 4.78 is 29.2. The third-order valence-corrected chi connectivity index (χ3v) is 5.07. The fraction of sp³-hybridized carbons (Fsp3) is 0. The first-order chi connectivity index (χ1) is 12.5. The van der Waals surface area contributed by atoms with Gasteiger partial charge in [-0.25, -0.2) is 13.8 Å². The Morgan fingerprint density at radius 1 is 1.08 bits per heavy atom. The molecule has 9 heteroatoms. The number of benzene rings is 2. The van der Waals surface area contributed by atoms with E-state index in [2.05, 4.69) is 31.2 Å². The van der Waals surface area contributed by atoms with E-state index >= 15 is 0 Å². The molecular formula is C17H10BrF2N5S. The standard InChI is InChI=1S/C17H10BrF2N5S/c18-10-3-1-9(2-4-10)13-8-26-17(22-13)15-16(21)25(24-23-15)14-6-5-11(19)7-12(14)20/h1-8H,21H2. The number of thiazole rings is 1. The van der Waals surface area contributed by atoms with Crippen molar-refractivity contribution >= 4 is 33.1 Å². The Kier molecular flexibility index (Phi) is 4.25. The van der Waals surface area contributed by atoms with E-state index in [4.69, 9.17) is 5.73 Å². The second-order valence-corrected chi connectivity index (χ2v) is 7.15. The lowest BCUT2D eigenvalue weighted by Gasteiger charge is -2.04. The van der Waals surface area contributed by atoms with E-state index in [1.165, 1.54) is 17.4 Å². The molecule has 2 heterocycles. The fourth-order valence-electron chi connectivity index (χ4n) is 2.41. The molecule has 4 aromatic rings. The Hall–Kier alpha value is -2.65. The van der Waals surface area contributed by atoms with E-state index in [0.717, 1.165) is 32.5 Å². The number of halogens is 3. The van der Waals surface area contributed by atoms with Crippen LogP contribution in [0.2, 0.25) is 0 Å². The van der Waals surface area contributed by atoms with E-state index < -0.39 is 11.6 Å². The Labute approximate surface area is 159 Å². The van der Waals surface area contributed by atoms with Crippen LogP contribution in [0.15, 0.2) is 52.3 Å². The van der Waals surface area contributed by atoms with Crippen LogP contribution in [0.5, 0.6) is 0 Å². The van der Waals surface area contributed by atoms with Gasteiger partial charge < -0.3 is 5.73 Å². The molecule has 0 saturated heterocycles. The van der Waals surface area contributed by atoms with Crippen molar-refractivity contribution < 1.29 is 8.78 Å². The molecule has 26 heavy (non-hydrogen) atoms. The molecule has 0 atom stereocenters. The molecule has 2 N–H and O–H groups in total. The smallest absolute Gasteiger partial charge is 0.165 e. The van der Waals surface area contributed by atoms with E-state index in [-0.39, 0.29) is 11.5 Å². The highest BCUT2D eigenvalue weighted by Crippen LogP contribution is 2.32. The molecule has 0 aliphatic carbocycles. The second-order valence-electron chi connectivity index (χ2n) is 5.38. The SMILES string of the molecule is Nc1c(-c2nc(-c3ccc(Br)cc3)cs2)nnn1-c1ccc(F)cc1F. The van der Waals surface area contributed by atoms with E-state index in [1.54, 1.807) is 0 Å². The highest BCUT2D eigenvalue weighted by Gasteiger charge is 2.19. The van der Waals surface area contributed by atoms with Gasteiger partial charge in [0.25, 0.3) is 0 Å². The van der Waals surface area contributed by atoms with Crippen molar-refractivity contribution in [1.82, 2.24) is 20.0 Å². The minimum atomic E-state index is -0.775. The van der Waals surface area contributed by atoms with Crippen LogP contribution >= 0.6 is 27.3 Å². The van der Waals surface area contributed by atoms with Gasteiger partial charge in [0.2, 0.25) is 0 Å². The summed E-state index contributed by atoms with van der Waals surface area (Å²) in [4.78, 5) is 4.54. The van der Waals surface area contributed by atoms with Crippen molar-refractivity contribution in [3.63, 3.8) is 0 Å². The predicted molar refractivity (Wildman–Crippen MR) is 99.9 cm³/mol. The van der Waals surface area contributed by atoms with Gasteiger partial charge >= 0.3 is 0 Å². The molecule has 0 aliphatic rings. The van der Waals surface area contributed by atoms with Gasteiger partial charge in [0.1, 0.15) is 16.5 Å². The molecule has 0 radical (unpaired) electrons. The van der Waals surface area contributed by atoms with Crippen LogP contribution in [-0.2, 0) is 0 Å². The molecule has 0 amide bonds. The van der Waals surface area contributed by atoms with Crippen LogP contribution in [0.25, 0.3) is 27.6 Å². The average molecular weight is 434 g/mol. The average Bonchev–Trinajstić information content (AvgIpc) is 3.23. The van der Waals surface area contributed by atoms with Crippen LogP contribution in [0.4, 0.5) is 14.6 Å². The highest BCUT2D eigenvalue weighted by molar-refractivity contribution is 9.10. The zero-order chi connectivity index (χ0) is 18.3. The number of anilines is 1. The molecule has 4 rings (SSSR count). The fourth-order valence-corrected chi connectivity index (χ4v) is 3.49. The quantitative estimate of drug-likeness (QED) is 0.509.